The molecule has 0 fully saturated rings. The van der Waals surface area contributed by atoms with Gasteiger partial charge in [0.1, 0.15) is 5.82 Å². The van der Waals surface area contributed by atoms with E-state index in [9.17, 15) is 9.50 Å². The predicted octanol–water partition coefficient (Wildman–Crippen LogP) is 3.86. The van der Waals surface area contributed by atoms with Crippen LogP contribution < -0.4 is 4.90 Å². The second-order valence-electron chi connectivity index (χ2n) is 5.17. The fourth-order valence-corrected chi connectivity index (χ4v) is 2.26. The summed E-state index contributed by atoms with van der Waals surface area (Å²) in [6.45, 7) is 3.86. The second-order valence-corrected chi connectivity index (χ2v) is 5.17. The molecular weight excluding hydrogens is 267 g/mol. The molecule has 1 aromatic heterocycles. The van der Waals surface area contributed by atoms with Crippen LogP contribution in [0.4, 0.5) is 10.1 Å². The van der Waals surface area contributed by atoms with Gasteiger partial charge in [0.15, 0.2) is 0 Å². The van der Waals surface area contributed by atoms with Crippen molar-refractivity contribution in [1.82, 2.24) is 4.98 Å². The van der Waals surface area contributed by atoms with Crippen LogP contribution in [0.25, 0.3) is 0 Å². The smallest absolute Gasteiger partial charge is 0.128 e. The molecule has 2 atom stereocenters. The summed E-state index contributed by atoms with van der Waals surface area (Å²) >= 11 is 0. The first kappa shape index (κ1) is 15.4. The third-order valence-electron chi connectivity index (χ3n) is 3.84. The van der Waals surface area contributed by atoms with Gasteiger partial charge in [-0.2, -0.15) is 0 Å². The van der Waals surface area contributed by atoms with E-state index >= 15 is 0 Å². The Bertz CT molecular complexity index is 586. The number of aliphatic hydroxyl groups excluding tert-OH is 1. The Labute approximate surface area is 125 Å². The van der Waals surface area contributed by atoms with Crippen LogP contribution in [0.2, 0.25) is 0 Å². The number of halogens is 1. The number of anilines is 1. The number of nitrogens with zero attached hydrogens (tertiary/aromatic N) is 2. The molecule has 4 heteroatoms. The van der Waals surface area contributed by atoms with Crippen LogP contribution in [0.15, 0.2) is 42.6 Å². The van der Waals surface area contributed by atoms with Crippen molar-refractivity contribution in [3.05, 3.63) is 59.7 Å². The van der Waals surface area contributed by atoms with Crippen molar-refractivity contribution in [3.8, 4) is 0 Å². The first-order valence-corrected chi connectivity index (χ1v) is 7.15. The van der Waals surface area contributed by atoms with E-state index in [-0.39, 0.29) is 11.9 Å². The van der Waals surface area contributed by atoms with Crippen LogP contribution in [0.1, 0.15) is 43.7 Å². The Morgan fingerprint density at radius 2 is 1.95 bits per heavy atom. The van der Waals surface area contributed by atoms with Crippen LogP contribution in [0, 0.1) is 5.82 Å². The topological polar surface area (TPSA) is 36.4 Å². The number of pyridine rings is 1. The van der Waals surface area contributed by atoms with Gasteiger partial charge in [-0.3, -0.25) is 4.98 Å². The number of hydrogen-bond donors (Lipinski definition) is 1. The summed E-state index contributed by atoms with van der Waals surface area (Å²) in [5.74, 6) is -0.206. The number of aromatic nitrogens is 1. The Morgan fingerprint density at radius 1 is 1.24 bits per heavy atom. The molecule has 2 aromatic rings. The maximum atomic E-state index is 13.9. The molecule has 0 spiro atoms. The molecule has 3 nitrogen and oxygen atoms in total. The monoisotopic (exact) mass is 288 g/mol. The van der Waals surface area contributed by atoms with E-state index in [1.807, 2.05) is 44.0 Å². The average molecular weight is 288 g/mol. The summed E-state index contributed by atoms with van der Waals surface area (Å²) in [4.78, 5) is 6.25. The third kappa shape index (κ3) is 3.39. The molecule has 1 N–H and O–H groups in total. The first-order chi connectivity index (χ1) is 10.0. The van der Waals surface area contributed by atoms with Crippen LogP contribution in [-0.2, 0) is 0 Å². The molecule has 2 rings (SSSR count). The highest BCUT2D eigenvalue weighted by molar-refractivity contribution is 5.46. The summed E-state index contributed by atoms with van der Waals surface area (Å²) in [6, 6.07) is 10.4. The maximum Gasteiger partial charge on any atom is 0.128 e. The van der Waals surface area contributed by atoms with Crippen LogP contribution in [-0.4, -0.2) is 17.1 Å². The molecule has 0 bridgehead atoms. The van der Waals surface area contributed by atoms with Gasteiger partial charge in [0, 0.05) is 12.6 Å². The zero-order valence-corrected chi connectivity index (χ0v) is 12.6. The highest BCUT2D eigenvalue weighted by Gasteiger charge is 2.16. The molecule has 0 aliphatic carbocycles. The molecule has 2 unspecified atom stereocenters. The predicted molar refractivity (Wildman–Crippen MR) is 82.7 cm³/mol. The molecule has 0 radical (unpaired) electrons. The molecule has 0 saturated carbocycles. The fourth-order valence-electron chi connectivity index (χ4n) is 2.26. The highest BCUT2D eigenvalue weighted by atomic mass is 19.1. The van der Waals surface area contributed by atoms with Gasteiger partial charge in [-0.15, -0.1) is 0 Å². The minimum absolute atomic E-state index is 0.102. The lowest BCUT2D eigenvalue weighted by atomic mass is 10.1. The summed E-state index contributed by atoms with van der Waals surface area (Å²) in [6.07, 6.45) is 1.81. The zero-order chi connectivity index (χ0) is 15.4. The van der Waals surface area contributed by atoms with Crippen molar-refractivity contribution >= 4 is 5.69 Å². The quantitative estimate of drug-likeness (QED) is 0.907. The van der Waals surface area contributed by atoms with E-state index in [2.05, 4.69) is 4.98 Å². The second kappa shape index (κ2) is 6.68. The van der Waals surface area contributed by atoms with Crippen molar-refractivity contribution < 1.29 is 9.50 Å². The number of benzene rings is 1. The number of rotatable bonds is 5. The Kier molecular flexibility index (Phi) is 4.91. The van der Waals surface area contributed by atoms with Gasteiger partial charge in [0.05, 0.1) is 29.7 Å². The molecule has 112 valence electrons. The maximum absolute atomic E-state index is 13.9. The molecule has 21 heavy (non-hydrogen) atoms. The normalized spacial score (nSPS) is 13.8. The number of hydrogen-bond acceptors (Lipinski definition) is 3. The van der Waals surface area contributed by atoms with Crippen molar-refractivity contribution in [2.45, 2.75) is 32.4 Å². The minimum Gasteiger partial charge on any atom is -0.387 e. The Balaban J connectivity index is 2.20. The molecule has 1 heterocycles. The zero-order valence-electron chi connectivity index (χ0n) is 12.6. The summed E-state index contributed by atoms with van der Waals surface area (Å²) in [5.41, 5.74) is 2.20. The lowest BCUT2D eigenvalue weighted by Gasteiger charge is -2.27. The van der Waals surface area contributed by atoms with E-state index in [0.717, 1.165) is 5.69 Å². The van der Waals surface area contributed by atoms with Gasteiger partial charge in [0.25, 0.3) is 0 Å². The number of aliphatic hydroxyl groups is 1. The molecule has 1 aromatic carbocycles. The van der Waals surface area contributed by atoms with Gasteiger partial charge >= 0.3 is 0 Å². The van der Waals surface area contributed by atoms with Crippen LogP contribution >= 0.6 is 0 Å². The van der Waals surface area contributed by atoms with E-state index < -0.39 is 6.10 Å². The van der Waals surface area contributed by atoms with Crippen molar-refractivity contribution in [3.63, 3.8) is 0 Å². The highest BCUT2D eigenvalue weighted by Crippen LogP contribution is 2.27. The summed E-state index contributed by atoms with van der Waals surface area (Å²) < 4.78 is 13.9. The largest absolute Gasteiger partial charge is 0.387 e. The van der Waals surface area contributed by atoms with Crippen molar-refractivity contribution in [1.29, 1.82) is 0 Å². The standard InChI is InChI=1S/C17H21FN2O/c1-4-17(21)16-10-9-13(11-19-16)20(3)12(2)14-7-5-6-8-15(14)18/h5-12,17,21H,4H2,1-3H3. The molecule has 0 amide bonds. The van der Waals surface area contributed by atoms with Gasteiger partial charge in [-0.1, -0.05) is 25.1 Å². The summed E-state index contributed by atoms with van der Waals surface area (Å²) in [7, 11) is 1.91. The summed E-state index contributed by atoms with van der Waals surface area (Å²) in [5, 5.41) is 9.76. The van der Waals surface area contributed by atoms with Crippen LogP contribution in [0.5, 0.6) is 0 Å². The SMILES string of the molecule is CCC(O)c1ccc(N(C)C(C)c2ccccc2F)cn1. The van der Waals surface area contributed by atoms with Crippen LogP contribution in [0.3, 0.4) is 0 Å². The van der Waals surface area contributed by atoms with E-state index in [1.54, 1.807) is 18.3 Å². The molecule has 0 aliphatic heterocycles. The lowest BCUT2D eigenvalue weighted by molar-refractivity contribution is 0.169. The van der Waals surface area contributed by atoms with E-state index in [1.165, 1.54) is 6.07 Å². The lowest BCUT2D eigenvalue weighted by Crippen LogP contribution is -2.22. The minimum atomic E-state index is -0.534. The van der Waals surface area contributed by atoms with Gasteiger partial charge < -0.3 is 10.0 Å². The third-order valence-corrected chi connectivity index (χ3v) is 3.84. The Morgan fingerprint density at radius 3 is 2.52 bits per heavy atom. The van der Waals surface area contributed by atoms with Gasteiger partial charge in [-0.05, 0) is 31.5 Å². The van der Waals surface area contributed by atoms with E-state index in [0.29, 0.717) is 17.7 Å². The first-order valence-electron chi connectivity index (χ1n) is 7.15. The van der Waals surface area contributed by atoms with Crippen molar-refractivity contribution in [2.75, 3.05) is 11.9 Å². The molecular formula is C17H21FN2O. The fraction of sp³-hybridized carbons (Fsp3) is 0.353. The average Bonchev–Trinajstić information content (AvgIpc) is 2.53. The van der Waals surface area contributed by atoms with Gasteiger partial charge in [-0.25, -0.2) is 4.39 Å². The molecule has 0 aliphatic rings. The molecule has 0 saturated heterocycles. The Hall–Kier alpha value is -1.94. The van der Waals surface area contributed by atoms with E-state index in [4.69, 9.17) is 0 Å². The van der Waals surface area contributed by atoms with Crippen molar-refractivity contribution in [2.24, 2.45) is 0 Å². The van der Waals surface area contributed by atoms with Gasteiger partial charge in [0.2, 0.25) is 0 Å².